The molecule has 1 atom stereocenters. The molecular weight excluding hydrogens is 276 g/mol. The van der Waals surface area contributed by atoms with Gasteiger partial charge in [0.2, 0.25) is 0 Å². The molecule has 0 fully saturated rings. The van der Waals surface area contributed by atoms with Crippen LogP contribution in [0.1, 0.15) is 22.7 Å². The van der Waals surface area contributed by atoms with Gasteiger partial charge in [-0.3, -0.25) is 0 Å². The van der Waals surface area contributed by atoms with E-state index in [-0.39, 0.29) is 6.04 Å². The number of nitrogens with zero attached hydrogens (tertiary/aromatic N) is 1. The summed E-state index contributed by atoms with van der Waals surface area (Å²) in [5.74, 6) is 0.803. The van der Waals surface area contributed by atoms with Gasteiger partial charge < -0.3 is 5.73 Å². The van der Waals surface area contributed by atoms with Crippen LogP contribution in [0.15, 0.2) is 41.6 Å². The number of thioether (sulfide) groups is 1. The van der Waals surface area contributed by atoms with Gasteiger partial charge in [-0.1, -0.05) is 40.9 Å². The van der Waals surface area contributed by atoms with E-state index in [4.69, 9.17) is 17.3 Å². The molecule has 0 saturated heterocycles. The minimum Gasteiger partial charge on any atom is -0.323 e. The van der Waals surface area contributed by atoms with Crippen molar-refractivity contribution in [1.82, 2.24) is 4.98 Å². The van der Waals surface area contributed by atoms with Crippen LogP contribution >= 0.6 is 23.4 Å². The summed E-state index contributed by atoms with van der Waals surface area (Å²) in [7, 11) is 0. The highest BCUT2D eigenvalue weighted by Gasteiger charge is 2.08. The lowest BCUT2D eigenvalue weighted by atomic mass is 10.0. The van der Waals surface area contributed by atoms with Gasteiger partial charge in [0.05, 0.1) is 10.0 Å². The SMILES string of the molecule is Cc1cc(C)cc(C(N)CSc2ccc(Cl)cn2)c1. The number of hydrogen-bond acceptors (Lipinski definition) is 3. The van der Waals surface area contributed by atoms with Crippen LogP contribution in [0.2, 0.25) is 5.02 Å². The maximum absolute atomic E-state index is 6.24. The monoisotopic (exact) mass is 292 g/mol. The molecule has 2 N–H and O–H groups in total. The summed E-state index contributed by atoms with van der Waals surface area (Å²) in [5, 5.41) is 1.60. The molecule has 0 aliphatic carbocycles. The van der Waals surface area contributed by atoms with E-state index in [2.05, 4.69) is 37.0 Å². The Bertz CT molecular complexity index is 534. The van der Waals surface area contributed by atoms with Crippen molar-refractivity contribution in [3.8, 4) is 0 Å². The number of aromatic nitrogens is 1. The lowest BCUT2D eigenvalue weighted by molar-refractivity contribution is 0.827. The Balaban J connectivity index is 2.00. The molecule has 0 spiro atoms. The molecule has 1 heterocycles. The van der Waals surface area contributed by atoms with Crippen LogP contribution in [0.3, 0.4) is 0 Å². The average Bonchev–Trinajstić information content (AvgIpc) is 2.36. The first kappa shape index (κ1) is 14.4. The molecule has 1 aromatic heterocycles. The molecule has 1 aromatic carbocycles. The molecular formula is C15H17ClN2S. The summed E-state index contributed by atoms with van der Waals surface area (Å²) in [6, 6.07) is 10.2. The van der Waals surface area contributed by atoms with Gasteiger partial charge in [0.25, 0.3) is 0 Å². The molecule has 0 bridgehead atoms. The topological polar surface area (TPSA) is 38.9 Å². The highest BCUT2D eigenvalue weighted by Crippen LogP contribution is 2.23. The van der Waals surface area contributed by atoms with Gasteiger partial charge in [0.1, 0.15) is 0 Å². The summed E-state index contributed by atoms with van der Waals surface area (Å²) >= 11 is 7.46. The third kappa shape index (κ3) is 4.23. The molecule has 2 aromatic rings. The van der Waals surface area contributed by atoms with Crippen LogP contribution in [0.25, 0.3) is 0 Å². The Morgan fingerprint density at radius 2 is 1.89 bits per heavy atom. The summed E-state index contributed by atoms with van der Waals surface area (Å²) in [6.07, 6.45) is 1.66. The van der Waals surface area contributed by atoms with Crippen LogP contribution < -0.4 is 5.73 Å². The number of benzene rings is 1. The highest BCUT2D eigenvalue weighted by atomic mass is 35.5. The third-order valence-electron chi connectivity index (χ3n) is 2.78. The molecule has 100 valence electrons. The van der Waals surface area contributed by atoms with E-state index in [0.717, 1.165) is 10.8 Å². The second-order valence-electron chi connectivity index (χ2n) is 4.65. The summed E-state index contributed by atoms with van der Waals surface area (Å²) in [4.78, 5) is 4.25. The molecule has 0 amide bonds. The molecule has 0 aliphatic heterocycles. The predicted molar refractivity (Wildman–Crippen MR) is 82.8 cm³/mol. The number of nitrogens with two attached hydrogens (primary N) is 1. The summed E-state index contributed by atoms with van der Waals surface area (Å²) in [6.45, 7) is 4.19. The lowest BCUT2D eigenvalue weighted by Gasteiger charge is -2.13. The third-order valence-corrected chi connectivity index (χ3v) is 4.07. The quantitative estimate of drug-likeness (QED) is 0.861. The van der Waals surface area contributed by atoms with Crippen LogP contribution in [0.5, 0.6) is 0 Å². The Morgan fingerprint density at radius 3 is 2.47 bits per heavy atom. The molecule has 0 saturated carbocycles. The number of halogens is 1. The van der Waals surface area contributed by atoms with Crippen LogP contribution in [0.4, 0.5) is 0 Å². The Morgan fingerprint density at radius 1 is 1.21 bits per heavy atom. The van der Waals surface area contributed by atoms with E-state index in [9.17, 15) is 0 Å². The second-order valence-corrected chi connectivity index (χ2v) is 6.13. The van der Waals surface area contributed by atoms with E-state index in [1.807, 2.05) is 12.1 Å². The molecule has 0 aliphatic rings. The first-order chi connectivity index (χ1) is 9.04. The highest BCUT2D eigenvalue weighted by molar-refractivity contribution is 7.99. The molecule has 19 heavy (non-hydrogen) atoms. The standard InChI is InChI=1S/C15H17ClN2S/c1-10-5-11(2)7-12(6-10)14(17)9-19-15-4-3-13(16)8-18-15/h3-8,14H,9,17H2,1-2H3. The molecule has 0 radical (unpaired) electrons. The van der Waals surface area contributed by atoms with Gasteiger partial charge in [-0.05, 0) is 31.5 Å². The largest absolute Gasteiger partial charge is 0.323 e. The number of hydrogen-bond donors (Lipinski definition) is 1. The molecule has 2 rings (SSSR count). The van der Waals surface area contributed by atoms with Crippen LogP contribution in [-0.2, 0) is 0 Å². The number of aryl methyl sites for hydroxylation is 2. The van der Waals surface area contributed by atoms with E-state index in [1.54, 1.807) is 18.0 Å². The fourth-order valence-electron chi connectivity index (χ4n) is 1.94. The Hall–Kier alpha value is -1.03. The van der Waals surface area contributed by atoms with Crippen molar-refractivity contribution >= 4 is 23.4 Å². The maximum atomic E-state index is 6.24. The van der Waals surface area contributed by atoms with Gasteiger partial charge in [-0.15, -0.1) is 11.8 Å². The van der Waals surface area contributed by atoms with E-state index >= 15 is 0 Å². The zero-order valence-corrected chi connectivity index (χ0v) is 12.6. The average molecular weight is 293 g/mol. The van der Waals surface area contributed by atoms with Crippen LogP contribution in [-0.4, -0.2) is 10.7 Å². The van der Waals surface area contributed by atoms with Crippen molar-refractivity contribution in [2.45, 2.75) is 24.9 Å². The minimum absolute atomic E-state index is 0.0149. The molecule has 2 nitrogen and oxygen atoms in total. The van der Waals surface area contributed by atoms with E-state index in [1.165, 1.54) is 16.7 Å². The van der Waals surface area contributed by atoms with Crippen molar-refractivity contribution in [1.29, 1.82) is 0 Å². The van der Waals surface area contributed by atoms with Crippen molar-refractivity contribution in [2.24, 2.45) is 5.73 Å². The minimum atomic E-state index is 0.0149. The van der Waals surface area contributed by atoms with E-state index in [0.29, 0.717) is 5.02 Å². The number of rotatable bonds is 4. The van der Waals surface area contributed by atoms with Gasteiger partial charge in [-0.2, -0.15) is 0 Å². The fraction of sp³-hybridized carbons (Fsp3) is 0.267. The van der Waals surface area contributed by atoms with Gasteiger partial charge >= 0.3 is 0 Å². The Labute approximate surface area is 123 Å². The van der Waals surface area contributed by atoms with Gasteiger partial charge in [-0.25, -0.2) is 4.98 Å². The number of pyridine rings is 1. The van der Waals surface area contributed by atoms with Crippen LogP contribution in [0, 0.1) is 13.8 Å². The van der Waals surface area contributed by atoms with Gasteiger partial charge in [0, 0.05) is 18.0 Å². The smallest absolute Gasteiger partial charge is 0.0961 e. The predicted octanol–water partition coefficient (Wildman–Crippen LogP) is 4.14. The molecule has 1 unspecified atom stereocenters. The first-order valence-corrected chi connectivity index (χ1v) is 7.49. The maximum Gasteiger partial charge on any atom is 0.0961 e. The normalized spacial score (nSPS) is 12.4. The van der Waals surface area contributed by atoms with Crippen molar-refractivity contribution < 1.29 is 0 Å². The zero-order valence-electron chi connectivity index (χ0n) is 11.1. The summed E-state index contributed by atoms with van der Waals surface area (Å²) in [5.41, 5.74) is 9.92. The lowest BCUT2D eigenvalue weighted by Crippen LogP contribution is -2.13. The fourth-order valence-corrected chi connectivity index (χ4v) is 2.89. The van der Waals surface area contributed by atoms with Crippen molar-refractivity contribution in [2.75, 3.05) is 5.75 Å². The Kier molecular flexibility index (Phi) is 4.86. The summed E-state index contributed by atoms with van der Waals surface area (Å²) < 4.78 is 0. The molecule has 4 heteroatoms. The van der Waals surface area contributed by atoms with Crippen molar-refractivity contribution in [3.63, 3.8) is 0 Å². The zero-order chi connectivity index (χ0) is 13.8. The van der Waals surface area contributed by atoms with Gasteiger partial charge in [0.15, 0.2) is 0 Å². The first-order valence-electron chi connectivity index (χ1n) is 6.13. The van der Waals surface area contributed by atoms with Crippen molar-refractivity contribution in [3.05, 3.63) is 58.2 Å². The van der Waals surface area contributed by atoms with E-state index < -0.39 is 0 Å². The second kappa shape index (κ2) is 6.42.